The lowest BCUT2D eigenvalue weighted by molar-refractivity contribution is -0.118. The molecule has 0 saturated heterocycles. The first-order valence-electron chi connectivity index (χ1n) is 8.55. The lowest BCUT2D eigenvalue weighted by atomic mass is 9.99. The molecule has 6 heteroatoms. The van der Waals surface area contributed by atoms with Crippen molar-refractivity contribution in [2.75, 3.05) is 11.9 Å². The first kappa shape index (κ1) is 18.7. The van der Waals surface area contributed by atoms with Crippen molar-refractivity contribution < 1.29 is 9.53 Å². The zero-order valence-corrected chi connectivity index (χ0v) is 16.6. The van der Waals surface area contributed by atoms with E-state index in [-0.39, 0.29) is 12.5 Å². The molecule has 136 valence electrons. The highest BCUT2D eigenvalue weighted by Gasteiger charge is 2.10. The summed E-state index contributed by atoms with van der Waals surface area (Å²) >= 11 is 7.54. The first-order chi connectivity index (χ1) is 12.5. The number of nitrogens with one attached hydrogen (secondary N) is 1. The van der Waals surface area contributed by atoms with Gasteiger partial charge in [0.1, 0.15) is 5.75 Å². The second-order valence-electron chi connectivity index (χ2n) is 6.30. The summed E-state index contributed by atoms with van der Waals surface area (Å²) < 4.78 is 6.55. The number of hydrogen-bond donors (Lipinski definition) is 1. The van der Waals surface area contributed by atoms with Crippen LogP contribution in [0.3, 0.4) is 0 Å². The molecule has 1 N–H and O–H groups in total. The molecular formula is C20H21ClN2O2S. The number of fused-ring (bicyclic) bond motifs is 1. The normalized spacial score (nSPS) is 12.2. The van der Waals surface area contributed by atoms with Crippen LogP contribution < -0.4 is 10.1 Å². The van der Waals surface area contributed by atoms with Crippen molar-refractivity contribution >= 4 is 44.2 Å². The summed E-state index contributed by atoms with van der Waals surface area (Å²) in [5, 5.41) is 3.99. The van der Waals surface area contributed by atoms with Crippen LogP contribution in [0.2, 0.25) is 5.02 Å². The van der Waals surface area contributed by atoms with Crippen molar-refractivity contribution in [3.8, 4) is 5.75 Å². The summed E-state index contributed by atoms with van der Waals surface area (Å²) in [6, 6.07) is 11.7. The molecule has 4 nitrogen and oxygen atoms in total. The van der Waals surface area contributed by atoms with Gasteiger partial charge >= 0.3 is 0 Å². The molecule has 0 bridgehead atoms. The first-order valence-corrected chi connectivity index (χ1v) is 9.75. The Bertz CT molecular complexity index is 882. The fourth-order valence-corrected chi connectivity index (χ4v) is 3.66. The van der Waals surface area contributed by atoms with Crippen molar-refractivity contribution in [2.45, 2.75) is 33.1 Å². The van der Waals surface area contributed by atoms with Gasteiger partial charge < -0.3 is 4.74 Å². The predicted octanol–water partition coefficient (Wildman–Crippen LogP) is 5.79. The molecule has 26 heavy (non-hydrogen) atoms. The number of thiazole rings is 1. The lowest BCUT2D eigenvalue weighted by Crippen LogP contribution is -2.20. The van der Waals surface area contributed by atoms with Gasteiger partial charge in [0.15, 0.2) is 11.7 Å². The Hall–Kier alpha value is -2.11. The fourth-order valence-electron chi connectivity index (χ4n) is 2.54. The van der Waals surface area contributed by atoms with Crippen LogP contribution in [0.15, 0.2) is 36.4 Å². The number of benzene rings is 2. The number of carbonyl (C=O) groups is 1. The minimum atomic E-state index is -0.238. The molecule has 2 aromatic carbocycles. The van der Waals surface area contributed by atoms with Crippen LogP contribution in [0.1, 0.15) is 37.3 Å². The average molecular weight is 389 g/mol. The van der Waals surface area contributed by atoms with E-state index in [0.29, 0.717) is 21.8 Å². The highest BCUT2D eigenvalue weighted by Crippen LogP contribution is 2.30. The molecule has 3 aromatic rings. The molecule has 0 aliphatic heterocycles. The van der Waals surface area contributed by atoms with Crippen molar-refractivity contribution in [3.63, 3.8) is 0 Å². The monoisotopic (exact) mass is 388 g/mol. The number of nitrogens with zero attached hydrogens (tertiary/aromatic N) is 1. The molecule has 0 aliphatic rings. The third-order valence-corrected chi connectivity index (χ3v) is 5.69. The summed E-state index contributed by atoms with van der Waals surface area (Å²) in [5.74, 6) is 0.959. The molecule has 3 rings (SSSR count). The zero-order chi connectivity index (χ0) is 18.7. The maximum Gasteiger partial charge on any atom is 0.264 e. The van der Waals surface area contributed by atoms with Crippen molar-refractivity contribution in [3.05, 3.63) is 52.5 Å². The molecule has 1 atom stereocenters. The van der Waals surface area contributed by atoms with Crippen LogP contribution >= 0.6 is 22.9 Å². The molecule has 0 fully saturated rings. The molecule has 1 heterocycles. The second-order valence-corrected chi connectivity index (χ2v) is 7.74. The number of halogens is 1. The maximum absolute atomic E-state index is 12.1. The number of aryl methyl sites for hydroxylation is 1. The van der Waals surface area contributed by atoms with Crippen LogP contribution in [0.4, 0.5) is 5.13 Å². The Kier molecular flexibility index (Phi) is 5.79. The number of amides is 1. The Balaban J connectivity index is 1.59. The fraction of sp³-hybridized carbons (Fsp3) is 0.300. The molecule has 0 spiro atoms. The van der Waals surface area contributed by atoms with E-state index in [2.05, 4.69) is 24.1 Å². The van der Waals surface area contributed by atoms with Crippen LogP contribution in [-0.2, 0) is 4.79 Å². The van der Waals surface area contributed by atoms with Gasteiger partial charge in [-0.05, 0) is 54.7 Å². The molecule has 1 amide bonds. The van der Waals surface area contributed by atoms with Gasteiger partial charge in [-0.1, -0.05) is 48.9 Å². The second kappa shape index (κ2) is 8.06. The molecule has 0 aliphatic carbocycles. The van der Waals surface area contributed by atoms with Gasteiger partial charge in [-0.2, -0.15) is 0 Å². The SMILES string of the molecule is CC[C@@H](C)c1ccc(OCC(=O)Nc2nc3cc(Cl)c(C)cc3s2)cc1. The summed E-state index contributed by atoms with van der Waals surface area (Å²) in [6.45, 7) is 6.24. The van der Waals surface area contributed by atoms with Gasteiger partial charge in [0.25, 0.3) is 5.91 Å². The van der Waals surface area contributed by atoms with Gasteiger partial charge in [0, 0.05) is 5.02 Å². The minimum Gasteiger partial charge on any atom is -0.484 e. The van der Waals surface area contributed by atoms with Crippen molar-refractivity contribution in [1.29, 1.82) is 0 Å². The van der Waals surface area contributed by atoms with E-state index in [9.17, 15) is 4.79 Å². The summed E-state index contributed by atoms with van der Waals surface area (Å²) in [6.07, 6.45) is 1.09. The molecular weight excluding hydrogens is 368 g/mol. The van der Waals surface area contributed by atoms with E-state index in [1.54, 1.807) is 0 Å². The van der Waals surface area contributed by atoms with Gasteiger partial charge in [0.2, 0.25) is 0 Å². The molecule has 1 aromatic heterocycles. The summed E-state index contributed by atoms with van der Waals surface area (Å²) in [4.78, 5) is 16.5. The van der Waals surface area contributed by atoms with Gasteiger partial charge in [-0.25, -0.2) is 4.98 Å². The minimum absolute atomic E-state index is 0.0572. The third-order valence-electron chi connectivity index (χ3n) is 4.35. The number of rotatable bonds is 6. The summed E-state index contributed by atoms with van der Waals surface area (Å²) in [7, 11) is 0. The Labute approximate surface area is 162 Å². The number of aromatic nitrogens is 1. The lowest BCUT2D eigenvalue weighted by Gasteiger charge is -2.10. The van der Waals surface area contributed by atoms with Crippen LogP contribution in [0.25, 0.3) is 10.2 Å². The van der Waals surface area contributed by atoms with Crippen molar-refractivity contribution in [1.82, 2.24) is 4.98 Å². The smallest absolute Gasteiger partial charge is 0.264 e. The largest absolute Gasteiger partial charge is 0.484 e. The van der Waals surface area contributed by atoms with Crippen LogP contribution in [0.5, 0.6) is 5.75 Å². The topological polar surface area (TPSA) is 51.2 Å². The van der Waals surface area contributed by atoms with Crippen LogP contribution in [-0.4, -0.2) is 17.5 Å². The Morgan fingerprint density at radius 3 is 2.73 bits per heavy atom. The van der Waals surface area contributed by atoms with E-state index >= 15 is 0 Å². The third kappa shape index (κ3) is 4.34. The van der Waals surface area contributed by atoms with E-state index < -0.39 is 0 Å². The standard InChI is InChI=1S/C20H21ClN2O2S/c1-4-12(2)14-5-7-15(8-6-14)25-11-19(24)23-20-22-17-10-16(21)13(3)9-18(17)26-20/h5-10,12H,4,11H2,1-3H3,(H,22,23,24)/t12-/m1/s1. The Morgan fingerprint density at radius 2 is 2.04 bits per heavy atom. The number of carbonyl (C=O) groups excluding carboxylic acids is 1. The van der Waals surface area contributed by atoms with E-state index in [1.807, 2.05) is 43.3 Å². The van der Waals surface area contributed by atoms with Crippen LogP contribution in [0, 0.1) is 6.92 Å². The van der Waals surface area contributed by atoms with Gasteiger partial charge in [-0.3, -0.25) is 10.1 Å². The highest BCUT2D eigenvalue weighted by atomic mass is 35.5. The number of anilines is 1. The van der Waals surface area contributed by atoms with Gasteiger partial charge in [-0.15, -0.1) is 0 Å². The van der Waals surface area contributed by atoms with E-state index in [4.69, 9.17) is 16.3 Å². The molecule has 0 unspecified atom stereocenters. The maximum atomic E-state index is 12.1. The van der Waals surface area contributed by atoms with Gasteiger partial charge in [0.05, 0.1) is 10.2 Å². The van der Waals surface area contributed by atoms with Crippen molar-refractivity contribution in [2.24, 2.45) is 0 Å². The zero-order valence-electron chi connectivity index (χ0n) is 15.0. The van der Waals surface area contributed by atoms with E-state index in [1.165, 1.54) is 16.9 Å². The average Bonchev–Trinajstić information content (AvgIpc) is 3.01. The number of ether oxygens (including phenoxy) is 1. The Morgan fingerprint density at radius 1 is 1.31 bits per heavy atom. The number of hydrogen-bond acceptors (Lipinski definition) is 4. The highest BCUT2D eigenvalue weighted by molar-refractivity contribution is 7.22. The van der Waals surface area contributed by atoms with E-state index in [0.717, 1.165) is 22.2 Å². The molecule has 0 saturated carbocycles. The predicted molar refractivity (Wildman–Crippen MR) is 109 cm³/mol. The quantitative estimate of drug-likeness (QED) is 0.581. The summed E-state index contributed by atoms with van der Waals surface area (Å²) in [5.41, 5.74) is 3.04. The molecule has 0 radical (unpaired) electrons.